The van der Waals surface area contributed by atoms with Crippen LogP contribution in [-0.2, 0) is 0 Å². The summed E-state index contributed by atoms with van der Waals surface area (Å²) in [5.74, 6) is 1.01. The number of hydrogen-bond acceptors (Lipinski definition) is 5. The predicted octanol–water partition coefficient (Wildman–Crippen LogP) is 4.16. The quantitative estimate of drug-likeness (QED) is 0.792. The van der Waals surface area contributed by atoms with Crippen LogP contribution in [0.1, 0.15) is 28.3 Å². The second kappa shape index (κ2) is 6.30. The van der Waals surface area contributed by atoms with Gasteiger partial charge in [0.05, 0.1) is 18.4 Å². The molecule has 5 rings (SSSR count). The maximum Gasteiger partial charge on any atom is 0.198 e. The molecule has 1 unspecified atom stereocenters. The molecule has 3 heterocycles. The number of phenolic OH excluding ortho intramolecular Hbond substituents is 1. The van der Waals surface area contributed by atoms with E-state index in [1.807, 2.05) is 24.4 Å². The molecule has 3 aliphatic rings. The number of fused-ring (bicyclic) bond motifs is 4. The molecule has 0 bridgehead atoms. The first-order valence-electron chi connectivity index (χ1n) is 9.34. The van der Waals surface area contributed by atoms with Crippen LogP contribution in [0.2, 0.25) is 0 Å². The van der Waals surface area contributed by atoms with E-state index in [0.717, 1.165) is 35.8 Å². The normalized spacial score (nSPS) is 19.4. The Morgan fingerprint density at radius 1 is 1.21 bits per heavy atom. The van der Waals surface area contributed by atoms with Crippen LogP contribution in [0.3, 0.4) is 0 Å². The molecule has 3 aliphatic heterocycles. The van der Waals surface area contributed by atoms with Crippen molar-refractivity contribution in [2.75, 3.05) is 19.0 Å². The SMILES string of the molecule is COc1ccc2c(c1)C1CCN3C=C(C(=O)c4ccccc4O)C=CC3=C1N2. The van der Waals surface area contributed by atoms with Crippen molar-refractivity contribution < 1.29 is 14.6 Å². The first kappa shape index (κ1) is 16.7. The summed E-state index contributed by atoms with van der Waals surface area (Å²) in [4.78, 5) is 14.9. The van der Waals surface area contributed by atoms with Crippen LogP contribution in [0.4, 0.5) is 5.69 Å². The van der Waals surface area contributed by atoms with Gasteiger partial charge in [-0.3, -0.25) is 4.79 Å². The maximum atomic E-state index is 12.8. The number of carbonyl (C=O) groups is 1. The molecule has 0 spiro atoms. The van der Waals surface area contributed by atoms with Crippen LogP contribution in [0.5, 0.6) is 11.5 Å². The van der Waals surface area contributed by atoms with Crippen molar-refractivity contribution in [3.63, 3.8) is 0 Å². The summed E-state index contributed by atoms with van der Waals surface area (Å²) in [6.45, 7) is 0.823. The van der Waals surface area contributed by atoms with Gasteiger partial charge in [0.15, 0.2) is 5.78 Å². The molecule has 2 aromatic rings. The standard InChI is InChI=1S/C23H20N2O3/c1-28-15-7-8-19-18(12-15)16-10-11-25-13-14(6-9-20(25)22(16)24-19)23(27)17-4-2-3-5-21(17)26/h2-9,12-13,16,24,26H,10-11H2,1H3. The number of nitrogens with zero attached hydrogens (tertiary/aromatic N) is 1. The Bertz CT molecular complexity index is 1080. The zero-order valence-electron chi connectivity index (χ0n) is 15.5. The molecular formula is C23H20N2O3. The Labute approximate surface area is 163 Å². The van der Waals surface area contributed by atoms with Gasteiger partial charge in [0.1, 0.15) is 11.5 Å². The third-order valence-electron chi connectivity index (χ3n) is 5.62. The Balaban J connectivity index is 1.48. The van der Waals surface area contributed by atoms with Crippen molar-refractivity contribution in [2.45, 2.75) is 12.3 Å². The van der Waals surface area contributed by atoms with Gasteiger partial charge in [-0.2, -0.15) is 0 Å². The van der Waals surface area contributed by atoms with E-state index in [9.17, 15) is 9.90 Å². The average molecular weight is 372 g/mol. The lowest BCUT2D eigenvalue weighted by atomic mass is 9.89. The molecule has 28 heavy (non-hydrogen) atoms. The number of ketones is 1. The Kier molecular flexibility index (Phi) is 3.76. The zero-order chi connectivity index (χ0) is 19.3. The van der Waals surface area contributed by atoms with Crippen molar-refractivity contribution in [3.05, 3.63) is 88.9 Å². The van der Waals surface area contributed by atoms with E-state index < -0.39 is 0 Å². The second-order valence-corrected chi connectivity index (χ2v) is 7.18. The lowest BCUT2D eigenvalue weighted by Gasteiger charge is -2.34. The highest BCUT2D eigenvalue weighted by Gasteiger charge is 2.35. The number of phenols is 1. The Hall–Kier alpha value is -3.47. The van der Waals surface area contributed by atoms with Crippen LogP contribution in [0.25, 0.3) is 0 Å². The van der Waals surface area contributed by atoms with Gasteiger partial charge in [0.25, 0.3) is 0 Å². The van der Waals surface area contributed by atoms with Crippen LogP contribution in [-0.4, -0.2) is 29.4 Å². The second-order valence-electron chi connectivity index (χ2n) is 7.18. The number of hydrogen-bond donors (Lipinski definition) is 2. The molecule has 0 saturated heterocycles. The largest absolute Gasteiger partial charge is 0.507 e. The number of nitrogens with one attached hydrogen (secondary N) is 1. The van der Waals surface area contributed by atoms with Gasteiger partial charge in [-0.25, -0.2) is 0 Å². The van der Waals surface area contributed by atoms with E-state index in [4.69, 9.17) is 4.74 Å². The van der Waals surface area contributed by atoms with Crippen molar-refractivity contribution >= 4 is 11.5 Å². The minimum Gasteiger partial charge on any atom is -0.507 e. The highest BCUT2D eigenvalue weighted by Crippen LogP contribution is 2.47. The molecule has 0 radical (unpaired) electrons. The van der Waals surface area contributed by atoms with Crippen LogP contribution in [0.15, 0.2) is 77.8 Å². The number of ether oxygens (including phenoxy) is 1. The van der Waals surface area contributed by atoms with E-state index in [1.165, 1.54) is 11.6 Å². The topological polar surface area (TPSA) is 61.8 Å². The van der Waals surface area contributed by atoms with E-state index in [1.54, 1.807) is 25.3 Å². The zero-order valence-corrected chi connectivity index (χ0v) is 15.5. The summed E-state index contributed by atoms with van der Waals surface area (Å²) in [7, 11) is 1.68. The lowest BCUT2D eigenvalue weighted by Crippen LogP contribution is -2.30. The summed E-state index contributed by atoms with van der Waals surface area (Å²) in [5.41, 5.74) is 5.51. The molecule has 5 heteroatoms. The summed E-state index contributed by atoms with van der Waals surface area (Å²) in [5, 5.41) is 13.5. The number of allylic oxidation sites excluding steroid dienone is 4. The van der Waals surface area contributed by atoms with Gasteiger partial charge < -0.3 is 20.1 Å². The summed E-state index contributed by atoms with van der Waals surface area (Å²) < 4.78 is 5.38. The number of Topliss-reactive ketones (excluding diaryl/α,β-unsaturated/α-hetero) is 1. The van der Waals surface area contributed by atoms with E-state index in [-0.39, 0.29) is 11.5 Å². The number of methoxy groups -OCH3 is 1. The van der Waals surface area contributed by atoms with Gasteiger partial charge in [0.2, 0.25) is 0 Å². The minimum atomic E-state index is -0.173. The van der Waals surface area contributed by atoms with E-state index in [0.29, 0.717) is 17.1 Å². The number of rotatable bonds is 3. The van der Waals surface area contributed by atoms with E-state index >= 15 is 0 Å². The molecule has 5 nitrogen and oxygen atoms in total. The maximum absolute atomic E-state index is 12.8. The molecule has 140 valence electrons. The van der Waals surface area contributed by atoms with Gasteiger partial charge >= 0.3 is 0 Å². The Morgan fingerprint density at radius 2 is 2.07 bits per heavy atom. The monoisotopic (exact) mass is 372 g/mol. The molecule has 0 amide bonds. The van der Waals surface area contributed by atoms with Gasteiger partial charge in [-0.1, -0.05) is 12.1 Å². The Morgan fingerprint density at radius 3 is 2.89 bits per heavy atom. The predicted molar refractivity (Wildman–Crippen MR) is 107 cm³/mol. The van der Waals surface area contributed by atoms with Crippen LogP contribution < -0.4 is 10.1 Å². The van der Waals surface area contributed by atoms with Crippen LogP contribution >= 0.6 is 0 Å². The van der Waals surface area contributed by atoms with Gasteiger partial charge in [-0.15, -0.1) is 0 Å². The third-order valence-corrected chi connectivity index (χ3v) is 5.62. The lowest BCUT2D eigenvalue weighted by molar-refractivity contribution is 0.103. The fraction of sp³-hybridized carbons (Fsp3) is 0.174. The van der Waals surface area contributed by atoms with Crippen LogP contribution in [0, 0.1) is 0 Å². The first-order valence-corrected chi connectivity index (χ1v) is 9.34. The number of carbonyl (C=O) groups excluding carboxylic acids is 1. The molecular weight excluding hydrogens is 352 g/mol. The molecule has 2 aromatic carbocycles. The molecule has 0 aliphatic carbocycles. The molecule has 0 aromatic heterocycles. The summed E-state index contributed by atoms with van der Waals surface area (Å²) >= 11 is 0. The van der Waals surface area contributed by atoms with Crippen molar-refractivity contribution in [2.24, 2.45) is 0 Å². The van der Waals surface area contributed by atoms with Gasteiger partial charge in [0, 0.05) is 35.6 Å². The summed E-state index contributed by atoms with van der Waals surface area (Å²) in [6, 6.07) is 12.8. The fourth-order valence-electron chi connectivity index (χ4n) is 4.20. The van der Waals surface area contributed by atoms with Crippen molar-refractivity contribution in [3.8, 4) is 11.5 Å². The average Bonchev–Trinajstić information content (AvgIpc) is 3.11. The first-order chi connectivity index (χ1) is 13.7. The van der Waals surface area contributed by atoms with Crippen molar-refractivity contribution in [1.29, 1.82) is 0 Å². The van der Waals surface area contributed by atoms with E-state index in [2.05, 4.69) is 22.3 Å². The third kappa shape index (κ3) is 2.51. The fourth-order valence-corrected chi connectivity index (χ4v) is 4.20. The number of benzene rings is 2. The number of aromatic hydroxyl groups is 1. The molecule has 2 N–H and O–H groups in total. The molecule has 1 atom stereocenters. The van der Waals surface area contributed by atoms with Gasteiger partial charge in [-0.05, 0) is 54.5 Å². The minimum absolute atomic E-state index is 0.00603. The smallest absolute Gasteiger partial charge is 0.198 e. The molecule has 0 fully saturated rings. The number of para-hydroxylation sites is 1. The van der Waals surface area contributed by atoms with Crippen molar-refractivity contribution in [1.82, 2.24) is 4.90 Å². The molecule has 0 saturated carbocycles. The summed E-state index contributed by atoms with van der Waals surface area (Å²) in [6.07, 6.45) is 6.67. The highest BCUT2D eigenvalue weighted by atomic mass is 16.5. The highest BCUT2D eigenvalue weighted by molar-refractivity contribution is 6.12. The number of anilines is 1.